The van der Waals surface area contributed by atoms with E-state index in [2.05, 4.69) is 5.32 Å². The molecule has 2 aromatic carbocycles. The van der Waals surface area contributed by atoms with Crippen molar-refractivity contribution < 1.29 is 26.8 Å². The van der Waals surface area contributed by atoms with Crippen molar-refractivity contribution in [1.82, 2.24) is 5.32 Å². The molecule has 0 spiro atoms. The van der Waals surface area contributed by atoms with Crippen molar-refractivity contribution in [2.45, 2.75) is 38.8 Å². The van der Waals surface area contributed by atoms with Crippen LogP contribution in [0.1, 0.15) is 49.3 Å². The zero-order valence-corrected chi connectivity index (χ0v) is 17.0. The van der Waals surface area contributed by atoms with Gasteiger partial charge in [0.15, 0.2) is 0 Å². The van der Waals surface area contributed by atoms with Crippen molar-refractivity contribution in [3.8, 4) is 0 Å². The van der Waals surface area contributed by atoms with E-state index in [-0.39, 0.29) is 24.8 Å². The summed E-state index contributed by atoms with van der Waals surface area (Å²) in [7, 11) is -3.93. The Labute approximate surface area is 163 Å². The van der Waals surface area contributed by atoms with E-state index in [1.165, 1.54) is 18.2 Å². The van der Waals surface area contributed by atoms with Gasteiger partial charge >= 0.3 is 13.8 Å². The number of hydrogen-bond donors (Lipinski definition) is 1. The Morgan fingerprint density at radius 3 is 2.04 bits per heavy atom. The molecule has 2 aromatic rings. The van der Waals surface area contributed by atoms with E-state index in [1.54, 1.807) is 20.8 Å². The highest BCUT2D eigenvalue weighted by Crippen LogP contribution is 2.61. The second-order valence-corrected chi connectivity index (χ2v) is 8.27. The van der Waals surface area contributed by atoms with Gasteiger partial charge in [-0.1, -0.05) is 48.5 Å². The number of nitrogens with one attached hydrogen (secondary N) is 1. The number of rotatable bonds is 9. The number of hydrogen-bond acceptors (Lipinski definition) is 4. The highest BCUT2D eigenvalue weighted by molar-refractivity contribution is 7.54. The summed E-state index contributed by atoms with van der Waals surface area (Å²) in [6, 6.07) is 13.9. The Kier molecular flexibility index (Phi) is 7.84. The van der Waals surface area contributed by atoms with E-state index >= 15 is 0 Å². The molecule has 0 aliphatic carbocycles. The summed E-state index contributed by atoms with van der Waals surface area (Å²) >= 11 is 0. The van der Waals surface area contributed by atoms with Crippen LogP contribution in [0.5, 0.6) is 0 Å². The van der Waals surface area contributed by atoms with Gasteiger partial charge in [-0.05, 0) is 38.0 Å². The minimum Gasteiger partial charge on any atom is -0.308 e. The summed E-state index contributed by atoms with van der Waals surface area (Å²) in [5.74, 6) is -1.28. The van der Waals surface area contributed by atoms with Gasteiger partial charge in [-0.2, -0.15) is 13.2 Å². The lowest BCUT2D eigenvalue weighted by molar-refractivity contribution is -0.138. The van der Waals surface area contributed by atoms with Gasteiger partial charge in [0.25, 0.3) is 0 Å². The van der Waals surface area contributed by atoms with E-state index in [9.17, 15) is 17.7 Å². The fraction of sp³-hybridized carbons (Fsp3) is 0.400. The molecule has 0 radical (unpaired) electrons. The molecule has 8 heteroatoms. The third-order valence-corrected chi connectivity index (χ3v) is 6.50. The summed E-state index contributed by atoms with van der Waals surface area (Å²) in [6.45, 7) is 5.13. The number of alkyl halides is 3. The van der Waals surface area contributed by atoms with E-state index in [0.29, 0.717) is 0 Å². The van der Waals surface area contributed by atoms with Gasteiger partial charge in [-0.25, -0.2) is 0 Å². The largest absolute Gasteiger partial charge is 0.416 e. The van der Waals surface area contributed by atoms with Crippen LogP contribution in [-0.4, -0.2) is 13.2 Å². The summed E-state index contributed by atoms with van der Waals surface area (Å²) in [5, 5.41) is 3.06. The highest BCUT2D eigenvalue weighted by Gasteiger charge is 2.43. The standard InChI is InChI=1S/C20H25F3NO3P/c1-4-26-28(25,27-5-2)19(24-15(3)16-11-7-6-8-12-16)17-13-9-10-14-18(17)20(21,22)23/h6-15,19,24H,4-5H2,1-3H3/t15-,19?/m0/s1. The van der Waals surface area contributed by atoms with Crippen molar-refractivity contribution >= 4 is 7.60 Å². The fourth-order valence-corrected chi connectivity index (χ4v) is 5.03. The van der Waals surface area contributed by atoms with Crippen LogP contribution >= 0.6 is 7.60 Å². The van der Waals surface area contributed by atoms with Crippen LogP contribution < -0.4 is 5.32 Å². The molecule has 2 rings (SSSR count). The second kappa shape index (κ2) is 9.70. The molecule has 0 amide bonds. The number of halogens is 3. The Bertz CT molecular complexity index is 789. The van der Waals surface area contributed by atoms with E-state index in [1.807, 2.05) is 30.3 Å². The van der Waals surface area contributed by atoms with Crippen molar-refractivity contribution in [2.75, 3.05) is 13.2 Å². The van der Waals surface area contributed by atoms with Crippen molar-refractivity contribution in [3.05, 3.63) is 71.3 Å². The lowest BCUT2D eigenvalue weighted by atomic mass is 10.0. The van der Waals surface area contributed by atoms with E-state index in [0.717, 1.165) is 11.6 Å². The number of benzene rings is 2. The first kappa shape index (κ1) is 22.6. The van der Waals surface area contributed by atoms with Crippen LogP contribution in [0.15, 0.2) is 54.6 Å². The third kappa shape index (κ3) is 5.45. The van der Waals surface area contributed by atoms with E-state index < -0.39 is 25.1 Å². The molecule has 28 heavy (non-hydrogen) atoms. The van der Waals surface area contributed by atoms with Crippen LogP contribution in [0.4, 0.5) is 13.2 Å². The van der Waals surface area contributed by atoms with Crippen molar-refractivity contribution in [3.63, 3.8) is 0 Å². The molecule has 0 aliphatic rings. The Morgan fingerprint density at radius 1 is 0.964 bits per heavy atom. The van der Waals surface area contributed by atoms with Crippen LogP contribution in [0.3, 0.4) is 0 Å². The highest BCUT2D eigenvalue weighted by atomic mass is 31.2. The Balaban J connectivity index is 2.55. The van der Waals surface area contributed by atoms with Gasteiger partial charge in [-0.3, -0.25) is 9.88 Å². The Morgan fingerprint density at radius 2 is 1.50 bits per heavy atom. The maximum Gasteiger partial charge on any atom is 0.416 e. The minimum atomic E-state index is -4.60. The molecule has 154 valence electrons. The molecule has 0 saturated carbocycles. The molecule has 0 fully saturated rings. The maximum absolute atomic E-state index is 13.6. The molecule has 4 nitrogen and oxygen atoms in total. The van der Waals surface area contributed by atoms with Crippen LogP contribution in [0, 0.1) is 0 Å². The molecule has 0 aromatic heterocycles. The molecular weight excluding hydrogens is 390 g/mol. The molecule has 1 N–H and O–H groups in total. The molecule has 0 heterocycles. The second-order valence-electron chi connectivity index (χ2n) is 6.16. The first-order valence-electron chi connectivity index (χ1n) is 9.08. The first-order valence-corrected chi connectivity index (χ1v) is 10.7. The molecule has 1 unspecified atom stereocenters. The van der Waals surface area contributed by atoms with Gasteiger partial charge < -0.3 is 9.05 Å². The molecule has 0 saturated heterocycles. The quantitative estimate of drug-likeness (QED) is 0.487. The van der Waals surface area contributed by atoms with Crippen LogP contribution in [0.2, 0.25) is 0 Å². The lowest BCUT2D eigenvalue weighted by Gasteiger charge is -2.31. The molecular formula is C20H25F3NO3P. The van der Waals surface area contributed by atoms with Crippen LogP contribution in [-0.2, 0) is 19.8 Å². The molecule has 0 bridgehead atoms. The van der Waals surface area contributed by atoms with E-state index in [4.69, 9.17) is 9.05 Å². The predicted octanol–water partition coefficient (Wildman–Crippen LogP) is 6.32. The zero-order chi connectivity index (χ0) is 20.8. The van der Waals surface area contributed by atoms with Gasteiger partial charge in [0.05, 0.1) is 18.8 Å². The summed E-state index contributed by atoms with van der Waals surface area (Å²) in [6.07, 6.45) is -4.60. The smallest absolute Gasteiger partial charge is 0.308 e. The van der Waals surface area contributed by atoms with Gasteiger partial charge in [-0.15, -0.1) is 0 Å². The van der Waals surface area contributed by atoms with Crippen molar-refractivity contribution in [2.24, 2.45) is 0 Å². The molecule has 2 atom stereocenters. The average Bonchev–Trinajstić information content (AvgIpc) is 2.66. The Hall–Kier alpha value is -1.66. The predicted molar refractivity (Wildman–Crippen MR) is 103 cm³/mol. The normalized spacial score (nSPS) is 14.6. The van der Waals surface area contributed by atoms with Gasteiger partial charge in [0.2, 0.25) is 0 Å². The van der Waals surface area contributed by atoms with Crippen LogP contribution in [0.25, 0.3) is 0 Å². The third-order valence-electron chi connectivity index (χ3n) is 4.20. The summed E-state index contributed by atoms with van der Waals surface area (Å²) in [4.78, 5) is 0. The summed E-state index contributed by atoms with van der Waals surface area (Å²) < 4.78 is 65.2. The average molecular weight is 415 g/mol. The fourth-order valence-electron chi connectivity index (χ4n) is 2.97. The minimum absolute atomic E-state index is 0.0450. The summed E-state index contributed by atoms with van der Waals surface area (Å²) in [5.41, 5.74) is -0.188. The monoisotopic (exact) mass is 415 g/mol. The topological polar surface area (TPSA) is 47.6 Å². The first-order chi connectivity index (χ1) is 13.2. The lowest BCUT2D eigenvalue weighted by Crippen LogP contribution is -2.28. The maximum atomic E-state index is 13.6. The van der Waals surface area contributed by atoms with Gasteiger partial charge in [0.1, 0.15) is 5.78 Å². The SMILES string of the molecule is CCOP(=O)(OCC)C(N[C@@H](C)c1ccccc1)c1ccccc1C(F)(F)F. The zero-order valence-electron chi connectivity index (χ0n) is 16.1. The molecule has 0 aliphatic heterocycles. The van der Waals surface area contributed by atoms with Gasteiger partial charge in [0, 0.05) is 6.04 Å². The van der Waals surface area contributed by atoms with Crippen molar-refractivity contribution in [1.29, 1.82) is 0 Å².